The van der Waals surface area contributed by atoms with Gasteiger partial charge in [0, 0.05) is 41.6 Å². The first-order chi connectivity index (χ1) is 12.8. The molecule has 1 aromatic heterocycles. The number of hydrogen-bond donors (Lipinski definition) is 2. The highest BCUT2D eigenvalue weighted by molar-refractivity contribution is 14.0. The molecule has 0 aliphatic carbocycles. The number of rotatable bonds is 8. The maximum Gasteiger partial charge on any atom is 0.191 e. The van der Waals surface area contributed by atoms with Gasteiger partial charge in [0.15, 0.2) is 15.8 Å². The number of thiophene rings is 1. The van der Waals surface area contributed by atoms with Gasteiger partial charge < -0.3 is 10.6 Å². The van der Waals surface area contributed by atoms with Crippen LogP contribution in [-0.4, -0.2) is 39.8 Å². The number of sulfone groups is 1. The molecule has 8 heteroatoms. The van der Waals surface area contributed by atoms with E-state index in [0.29, 0.717) is 11.4 Å². The van der Waals surface area contributed by atoms with Crippen LogP contribution in [-0.2, 0) is 22.7 Å². The molecular weight excluding hydrogens is 505 g/mol. The van der Waals surface area contributed by atoms with E-state index in [1.165, 1.54) is 16.0 Å². The Bertz CT molecular complexity index is 862. The summed E-state index contributed by atoms with van der Waals surface area (Å²) >= 11 is 1.83. The molecule has 1 atom stereocenters. The van der Waals surface area contributed by atoms with E-state index in [9.17, 15) is 8.42 Å². The second-order valence-corrected chi connectivity index (χ2v) is 10.1. The Morgan fingerprint density at radius 3 is 2.39 bits per heavy atom. The molecular formula is C20H30IN3O2S2. The smallest absolute Gasteiger partial charge is 0.191 e. The van der Waals surface area contributed by atoms with E-state index < -0.39 is 9.84 Å². The van der Waals surface area contributed by atoms with Gasteiger partial charge >= 0.3 is 0 Å². The van der Waals surface area contributed by atoms with Crippen molar-refractivity contribution in [3.8, 4) is 0 Å². The van der Waals surface area contributed by atoms with E-state index in [2.05, 4.69) is 48.5 Å². The number of guanidine groups is 1. The Kier molecular flexibility index (Phi) is 10.5. The van der Waals surface area contributed by atoms with Crippen molar-refractivity contribution in [1.29, 1.82) is 0 Å². The average Bonchev–Trinajstić information content (AvgIpc) is 2.99. The number of aryl methyl sites for hydroxylation is 1. The van der Waals surface area contributed by atoms with Crippen LogP contribution < -0.4 is 10.6 Å². The van der Waals surface area contributed by atoms with Crippen LogP contribution in [0.4, 0.5) is 0 Å². The zero-order chi connectivity index (χ0) is 19.9. The second kappa shape index (κ2) is 11.8. The highest BCUT2D eigenvalue weighted by atomic mass is 127. The minimum atomic E-state index is -3.15. The molecule has 5 nitrogen and oxygen atoms in total. The van der Waals surface area contributed by atoms with Gasteiger partial charge in [-0.2, -0.15) is 0 Å². The summed E-state index contributed by atoms with van der Waals surface area (Å²) < 4.78 is 23.0. The molecule has 2 N–H and O–H groups in total. The summed E-state index contributed by atoms with van der Waals surface area (Å²) in [6.45, 7) is 7.78. The summed E-state index contributed by atoms with van der Waals surface area (Å²) in [4.78, 5) is 7.70. The number of nitrogens with zero attached hydrogens (tertiary/aromatic N) is 1. The number of hydrogen-bond acceptors (Lipinski definition) is 4. The van der Waals surface area contributed by atoms with Crippen molar-refractivity contribution in [2.45, 2.75) is 44.6 Å². The van der Waals surface area contributed by atoms with Gasteiger partial charge in [0.05, 0.1) is 4.90 Å². The Morgan fingerprint density at radius 2 is 1.86 bits per heavy atom. The van der Waals surface area contributed by atoms with E-state index in [1.807, 2.05) is 23.5 Å². The minimum Gasteiger partial charge on any atom is -0.357 e. The highest BCUT2D eigenvalue weighted by Crippen LogP contribution is 2.16. The van der Waals surface area contributed by atoms with Crippen molar-refractivity contribution >= 4 is 51.1 Å². The molecule has 0 aliphatic heterocycles. The highest BCUT2D eigenvalue weighted by Gasteiger charge is 2.08. The van der Waals surface area contributed by atoms with E-state index in [1.54, 1.807) is 12.1 Å². The van der Waals surface area contributed by atoms with Crippen molar-refractivity contribution < 1.29 is 8.42 Å². The molecule has 156 valence electrons. The molecule has 2 rings (SSSR count). The first kappa shape index (κ1) is 24.9. The molecule has 0 radical (unpaired) electrons. The van der Waals surface area contributed by atoms with Crippen LogP contribution in [0.1, 0.15) is 29.2 Å². The van der Waals surface area contributed by atoms with Crippen LogP contribution in [0.5, 0.6) is 0 Å². The number of halogens is 1. The molecule has 0 saturated carbocycles. The standard InChI is InChI=1S/C20H29N3O2S2.HI/c1-5-21-20(23-15(2)14-18-9-6-16(3)26-18)22-13-12-17-7-10-19(11-8-17)27(4,24)25;/h6-11,15H,5,12-14H2,1-4H3,(H2,21,22,23);1H. The summed E-state index contributed by atoms with van der Waals surface area (Å²) in [6.07, 6.45) is 2.95. The van der Waals surface area contributed by atoms with E-state index in [0.717, 1.165) is 30.9 Å². The zero-order valence-electron chi connectivity index (χ0n) is 16.9. The van der Waals surface area contributed by atoms with Crippen molar-refractivity contribution in [2.75, 3.05) is 19.3 Å². The molecule has 1 heterocycles. The summed E-state index contributed by atoms with van der Waals surface area (Å²) in [5.41, 5.74) is 1.07. The summed E-state index contributed by atoms with van der Waals surface area (Å²) in [5.74, 6) is 0.811. The van der Waals surface area contributed by atoms with E-state index in [4.69, 9.17) is 0 Å². The van der Waals surface area contributed by atoms with Gasteiger partial charge in [0.25, 0.3) is 0 Å². The maximum absolute atomic E-state index is 11.5. The lowest BCUT2D eigenvalue weighted by atomic mass is 10.1. The average molecular weight is 536 g/mol. The van der Waals surface area contributed by atoms with Crippen molar-refractivity contribution in [3.63, 3.8) is 0 Å². The molecule has 0 spiro atoms. The fourth-order valence-corrected chi connectivity index (χ4v) is 4.35. The Labute approximate surface area is 190 Å². The van der Waals surface area contributed by atoms with Gasteiger partial charge in [-0.1, -0.05) is 12.1 Å². The lowest BCUT2D eigenvalue weighted by Gasteiger charge is -2.17. The molecule has 1 unspecified atom stereocenters. The van der Waals surface area contributed by atoms with Crippen LogP contribution in [0.3, 0.4) is 0 Å². The fourth-order valence-electron chi connectivity index (χ4n) is 2.70. The SMILES string of the molecule is CCNC(=NCCc1ccc(S(C)(=O)=O)cc1)NC(C)Cc1ccc(C)s1.I. The molecule has 0 aliphatic rings. The number of benzene rings is 1. The lowest BCUT2D eigenvalue weighted by Crippen LogP contribution is -2.43. The van der Waals surface area contributed by atoms with Gasteiger partial charge in [-0.25, -0.2) is 8.42 Å². The number of nitrogens with one attached hydrogen (secondary N) is 2. The Morgan fingerprint density at radius 1 is 1.18 bits per heavy atom. The van der Waals surface area contributed by atoms with Crippen LogP contribution in [0.25, 0.3) is 0 Å². The molecule has 28 heavy (non-hydrogen) atoms. The minimum absolute atomic E-state index is 0. The van der Waals surface area contributed by atoms with Gasteiger partial charge in [0.2, 0.25) is 0 Å². The van der Waals surface area contributed by atoms with Crippen LogP contribution in [0.15, 0.2) is 46.3 Å². The van der Waals surface area contributed by atoms with E-state index >= 15 is 0 Å². The molecule has 2 aromatic rings. The second-order valence-electron chi connectivity index (χ2n) is 6.69. The zero-order valence-corrected chi connectivity index (χ0v) is 20.8. The first-order valence-electron chi connectivity index (χ1n) is 9.17. The van der Waals surface area contributed by atoms with Gasteiger partial charge in [-0.05, 0) is 57.0 Å². The monoisotopic (exact) mass is 535 g/mol. The van der Waals surface area contributed by atoms with E-state index in [-0.39, 0.29) is 30.0 Å². The largest absolute Gasteiger partial charge is 0.357 e. The maximum atomic E-state index is 11.5. The molecule has 0 fully saturated rings. The molecule has 0 bridgehead atoms. The summed E-state index contributed by atoms with van der Waals surface area (Å²) in [6, 6.07) is 11.6. The quantitative estimate of drug-likeness (QED) is 0.307. The number of aliphatic imine (C=N–C) groups is 1. The third-order valence-electron chi connectivity index (χ3n) is 4.05. The summed E-state index contributed by atoms with van der Waals surface area (Å²) in [5, 5.41) is 6.74. The van der Waals surface area contributed by atoms with Gasteiger partial charge in [-0.15, -0.1) is 35.3 Å². The predicted molar refractivity (Wildman–Crippen MR) is 130 cm³/mol. The van der Waals surface area contributed by atoms with Crippen molar-refractivity contribution in [1.82, 2.24) is 10.6 Å². The van der Waals surface area contributed by atoms with Crippen LogP contribution in [0, 0.1) is 6.92 Å². The first-order valence-corrected chi connectivity index (χ1v) is 11.9. The molecule has 0 amide bonds. The molecule has 1 aromatic carbocycles. The Hall–Kier alpha value is -1.13. The van der Waals surface area contributed by atoms with Gasteiger partial charge in [0.1, 0.15) is 0 Å². The Balaban J connectivity index is 0.00000392. The van der Waals surface area contributed by atoms with Crippen LogP contribution >= 0.6 is 35.3 Å². The summed E-state index contributed by atoms with van der Waals surface area (Å²) in [7, 11) is -3.15. The van der Waals surface area contributed by atoms with Crippen LogP contribution in [0.2, 0.25) is 0 Å². The fraction of sp³-hybridized carbons (Fsp3) is 0.450. The lowest BCUT2D eigenvalue weighted by molar-refractivity contribution is 0.602. The third kappa shape index (κ3) is 8.48. The van der Waals surface area contributed by atoms with Crippen molar-refractivity contribution in [3.05, 3.63) is 51.7 Å². The van der Waals surface area contributed by atoms with Crippen molar-refractivity contribution in [2.24, 2.45) is 4.99 Å². The topological polar surface area (TPSA) is 70.6 Å². The normalized spacial score (nSPS) is 12.9. The predicted octanol–water partition coefficient (Wildman–Crippen LogP) is 3.81. The third-order valence-corrected chi connectivity index (χ3v) is 6.20. The molecule has 0 saturated heterocycles. The van der Waals surface area contributed by atoms with Gasteiger partial charge in [-0.3, -0.25) is 4.99 Å².